The monoisotopic (exact) mass is 245 g/mol. The quantitative estimate of drug-likeness (QED) is 0.769. The maximum Gasteiger partial charge on any atom is 0.220 e. The molecule has 2 rings (SSSR count). The fraction of sp³-hybridized carbons (Fsp3) is 0.429. The summed E-state index contributed by atoms with van der Waals surface area (Å²) in [6.07, 6.45) is 3.81. The fourth-order valence-electron chi connectivity index (χ4n) is 1.90. The Bertz CT molecular complexity index is 485. The summed E-state index contributed by atoms with van der Waals surface area (Å²) >= 11 is 0. The molecule has 0 fully saturated rings. The third-order valence-corrected chi connectivity index (χ3v) is 2.90. The maximum absolute atomic E-state index is 11.6. The van der Waals surface area contributed by atoms with Crippen molar-refractivity contribution in [3.05, 3.63) is 30.1 Å². The largest absolute Gasteiger partial charge is 0.349 e. The maximum atomic E-state index is 11.6. The number of amides is 1. The van der Waals surface area contributed by atoms with E-state index in [2.05, 4.69) is 22.2 Å². The van der Waals surface area contributed by atoms with E-state index in [1.165, 1.54) is 0 Å². The number of hydrogen-bond acceptors (Lipinski definition) is 2. The number of aromatic amines is 1. The minimum absolute atomic E-state index is 0.101. The molecule has 1 aromatic heterocycles. The van der Waals surface area contributed by atoms with E-state index in [1.54, 1.807) is 0 Å². The van der Waals surface area contributed by atoms with Crippen LogP contribution in [0.5, 0.6) is 0 Å². The summed E-state index contributed by atoms with van der Waals surface area (Å²) < 4.78 is 0. The average molecular weight is 245 g/mol. The Kier molecular flexibility index (Phi) is 4.34. The van der Waals surface area contributed by atoms with Gasteiger partial charge in [-0.05, 0) is 18.6 Å². The Morgan fingerprint density at radius 2 is 2.17 bits per heavy atom. The lowest BCUT2D eigenvalue weighted by Crippen LogP contribution is -2.22. The van der Waals surface area contributed by atoms with Crippen molar-refractivity contribution in [1.82, 2.24) is 15.3 Å². The van der Waals surface area contributed by atoms with Gasteiger partial charge in [0.1, 0.15) is 5.82 Å². The van der Waals surface area contributed by atoms with Crippen molar-refractivity contribution in [3.63, 3.8) is 0 Å². The zero-order valence-corrected chi connectivity index (χ0v) is 10.7. The Morgan fingerprint density at radius 1 is 1.33 bits per heavy atom. The van der Waals surface area contributed by atoms with Crippen molar-refractivity contribution in [2.24, 2.45) is 0 Å². The summed E-state index contributed by atoms with van der Waals surface area (Å²) in [5.41, 5.74) is 1.94. The van der Waals surface area contributed by atoms with Crippen molar-refractivity contribution < 1.29 is 4.79 Å². The van der Waals surface area contributed by atoms with Crippen LogP contribution in [0.15, 0.2) is 24.3 Å². The summed E-state index contributed by atoms with van der Waals surface area (Å²) in [5, 5.41) is 2.89. The van der Waals surface area contributed by atoms with Crippen molar-refractivity contribution >= 4 is 16.9 Å². The molecule has 4 nitrogen and oxygen atoms in total. The number of nitrogens with one attached hydrogen (secondary N) is 2. The number of para-hydroxylation sites is 2. The first-order valence-electron chi connectivity index (χ1n) is 6.50. The Balaban J connectivity index is 1.84. The molecule has 0 unspecified atom stereocenters. The molecular weight excluding hydrogens is 226 g/mol. The van der Waals surface area contributed by atoms with Gasteiger partial charge in [-0.15, -0.1) is 0 Å². The molecule has 0 aliphatic rings. The van der Waals surface area contributed by atoms with Gasteiger partial charge < -0.3 is 10.3 Å². The number of carbonyl (C=O) groups excluding carboxylic acids is 1. The summed E-state index contributed by atoms with van der Waals surface area (Å²) in [6.45, 7) is 2.60. The number of rotatable bonds is 6. The number of nitrogens with zero attached hydrogens (tertiary/aromatic N) is 1. The molecule has 0 aliphatic carbocycles. The minimum Gasteiger partial charge on any atom is -0.349 e. The van der Waals surface area contributed by atoms with Crippen molar-refractivity contribution in [2.45, 2.75) is 39.2 Å². The third-order valence-electron chi connectivity index (χ3n) is 2.90. The van der Waals surface area contributed by atoms with E-state index in [4.69, 9.17) is 0 Å². The first-order chi connectivity index (χ1) is 8.79. The van der Waals surface area contributed by atoms with Gasteiger partial charge in [0.2, 0.25) is 5.91 Å². The number of fused-ring (bicyclic) bond motifs is 1. The van der Waals surface area contributed by atoms with E-state index >= 15 is 0 Å². The normalized spacial score (nSPS) is 10.7. The highest BCUT2D eigenvalue weighted by molar-refractivity contribution is 5.76. The van der Waals surface area contributed by atoms with Crippen LogP contribution in [0.4, 0.5) is 0 Å². The molecule has 0 saturated carbocycles. The molecule has 1 amide bonds. The second-order valence-electron chi connectivity index (χ2n) is 4.43. The number of H-pyrrole nitrogens is 1. The van der Waals surface area contributed by atoms with Crippen molar-refractivity contribution in [3.8, 4) is 0 Å². The molecular formula is C14H19N3O. The van der Waals surface area contributed by atoms with Crippen LogP contribution in [-0.4, -0.2) is 15.9 Å². The van der Waals surface area contributed by atoms with Crippen LogP contribution in [0.25, 0.3) is 11.0 Å². The topological polar surface area (TPSA) is 57.8 Å². The van der Waals surface area contributed by atoms with E-state index in [0.717, 1.165) is 36.1 Å². The Hall–Kier alpha value is -1.84. The van der Waals surface area contributed by atoms with Crippen molar-refractivity contribution in [2.75, 3.05) is 0 Å². The van der Waals surface area contributed by atoms with Crippen LogP contribution >= 0.6 is 0 Å². The highest BCUT2D eigenvalue weighted by Gasteiger charge is 2.04. The van der Waals surface area contributed by atoms with Crippen LogP contribution < -0.4 is 5.32 Å². The SMILES string of the molecule is CCCCCC(=O)NCc1nc2ccccc2[nH]1. The molecule has 0 radical (unpaired) electrons. The zero-order chi connectivity index (χ0) is 12.8. The summed E-state index contributed by atoms with van der Waals surface area (Å²) in [4.78, 5) is 19.2. The van der Waals surface area contributed by atoms with Gasteiger partial charge in [-0.25, -0.2) is 4.98 Å². The van der Waals surface area contributed by atoms with Crippen LogP contribution in [0.3, 0.4) is 0 Å². The molecule has 0 spiro atoms. The number of carbonyl (C=O) groups is 1. The molecule has 18 heavy (non-hydrogen) atoms. The van der Waals surface area contributed by atoms with Gasteiger partial charge in [0.05, 0.1) is 17.6 Å². The molecule has 96 valence electrons. The van der Waals surface area contributed by atoms with Gasteiger partial charge in [0.25, 0.3) is 0 Å². The van der Waals surface area contributed by atoms with E-state index in [9.17, 15) is 4.79 Å². The van der Waals surface area contributed by atoms with Crippen LogP contribution in [-0.2, 0) is 11.3 Å². The molecule has 2 aromatic rings. The molecule has 0 aliphatic heterocycles. The number of imidazole rings is 1. The Morgan fingerprint density at radius 3 is 2.94 bits per heavy atom. The van der Waals surface area contributed by atoms with E-state index in [1.807, 2.05) is 24.3 Å². The number of benzene rings is 1. The van der Waals surface area contributed by atoms with Gasteiger partial charge in [0, 0.05) is 6.42 Å². The highest BCUT2D eigenvalue weighted by Crippen LogP contribution is 2.10. The standard InChI is InChI=1S/C14H19N3O/c1-2-3-4-9-14(18)15-10-13-16-11-7-5-6-8-12(11)17-13/h5-8H,2-4,9-10H2,1H3,(H,15,18)(H,16,17). The summed E-state index contributed by atoms with van der Waals surface area (Å²) in [5.74, 6) is 0.906. The first kappa shape index (κ1) is 12.6. The summed E-state index contributed by atoms with van der Waals surface area (Å²) in [6, 6.07) is 7.86. The molecule has 4 heteroatoms. The lowest BCUT2D eigenvalue weighted by molar-refractivity contribution is -0.121. The van der Waals surface area contributed by atoms with Gasteiger partial charge in [-0.1, -0.05) is 31.9 Å². The molecule has 2 N–H and O–H groups in total. The second-order valence-corrected chi connectivity index (χ2v) is 4.43. The zero-order valence-electron chi connectivity index (χ0n) is 10.7. The van der Waals surface area contributed by atoms with Gasteiger partial charge >= 0.3 is 0 Å². The molecule has 1 heterocycles. The lowest BCUT2D eigenvalue weighted by atomic mass is 10.2. The minimum atomic E-state index is 0.101. The van der Waals surface area contributed by atoms with Crippen LogP contribution in [0.1, 0.15) is 38.4 Å². The fourth-order valence-corrected chi connectivity index (χ4v) is 1.90. The predicted molar refractivity (Wildman–Crippen MR) is 72.1 cm³/mol. The lowest BCUT2D eigenvalue weighted by Gasteiger charge is -2.02. The highest BCUT2D eigenvalue weighted by atomic mass is 16.1. The second kappa shape index (κ2) is 6.19. The molecule has 0 saturated heterocycles. The number of hydrogen-bond donors (Lipinski definition) is 2. The molecule has 0 atom stereocenters. The first-order valence-corrected chi connectivity index (χ1v) is 6.50. The smallest absolute Gasteiger partial charge is 0.220 e. The van der Waals surface area contributed by atoms with Crippen molar-refractivity contribution in [1.29, 1.82) is 0 Å². The van der Waals surface area contributed by atoms with Gasteiger partial charge in [-0.3, -0.25) is 4.79 Å². The Labute approximate surface area is 107 Å². The van der Waals surface area contributed by atoms with E-state index < -0.39 is 0 Å². The van der Waals surface area contributed by atoms with Crippen LogP contribution in [0, 0.1) is 0 Å². The number of unbranched alkanes of at least 4 members (excludes halogenated alkanes) is 2. The predicted octanol–water partition coefficient (Wildman–Crippen LogP) is 2.76. The molecule has 0 bridgehead atoms. The summed E-state index contributed by atoms with van der Waals surface area (Å²) in [7, 11) is 0. The van der Waals surface area contributed by atoms with Crippen LogP contribution in [0.2, 0.25) is 0 Å². The molecule has 1 aromatic carbocycles. The third kappa shape index (κ3) is 3.32. The van der Waals surface area contributed by atoms with Gasteiger partial charge in [-0.2, -0.15) is 0 Å². The average Bonchev–Trinajstić information content (AvgIpc) is 2.79. The van der Waals surface area contributed by atoms with E-state index in [-0.39, 0.29) is 5.91 Å². The van der Waals surface area contributed by atoms with E-state index in [0.29, 0.717) is 13.0 Å². The number of aromatic nitrogens is 2. The van der Waals surface area contributed by atoms with Gasteiger partial charge in [0.15, 0.2) is 0 Å².